The molecule has 29 heavy (non-hydrogen) atoms. The van der Waals surface area contributed by atoms with Crippen LogP contribution in [0.25, 0.3) is 0 Å². The number of carbonyl (C=O) groups excluding carboxylic acids is 3. The van der Waals surface area contributed by atoms with Gasteiger partial charge in [-0.15, -0.1) is 0 Å². The van der Waals surface area contributed by atoms with Crippen molar-refractivity contribution in [3.05, 3.63) is 68.9 Å². The number of rotatable bonds is 8. The van der Waals surface area contributed by atoms with E-state index in [1.54, 1.807) is 24.3 Å². The quantitative estimate of drug-likeness (QED) is 0.536. The summed E-state index contributed by atoms with van der Waals surface area (Å²) in [6.07, 6.45) is 0.157. The molecule has 0 fully saturated rings. The van der Waals surface area contributed by atoms with E-state index in [0.717, 1.165) is 0 Å². The minimum atomic E-state index is -1.03. The monoisotopic (exact) mass is 483 g/mol. The maximum Gasteiger partial charge on any atom is 0.243 e. The van der Waals surface area contributed by atoms with Crippen LogP contribution in [0.2, 0.25) is 5.02 Å². The number of benzene rings is 2. The van der Waals surface area contributed by atoms with E-state index >= 15 is 0 Å². The third-order valence-corrected chi connectivity index (χ3v) is 5.12. The highest BCUT2D eigenvalue weighted by molar-refractivity contribution is 9.10. The molecule has 0 saturated heterocycles. The largest absolute Gasteiger partial charge is 0.368 e. The molecule has 0 radical (unpaired) electrons. The van der Waals surface area contributed by atoms with Crippen LogP contribution in [-0.4, -0.2) is 29.8 Å². The van der Waals surface area contributed by atoms with Gasteiger partial charge in [0.2, 0.25) is 17.7 Å². The predicted octanol–water partition coefficient (Wildman–Crippen LogP) is 2.50. The highest BCUT2D eigenvalue weighted by atomic mass is 79.9. The topological polar surface area (TPSA) is 101 Å². The lowest BCUT2D eigenvalue weighted by molar-refractivity contribution is -0.130. The highest BCUT2D eigenvalue weighted by Crippen LogP contribution is 2.22. The molecule has 0 aromatic heterocycles. The van der Waals surface area contributed by atoms with E-state index in [-0.39, 0.29) is 12.8 Å². The summed E-state index contributed by atoms with van der Waals surface area (Å²) in [5.41, 5.74) is 6.66. The van der Waals surface area contributed by atoms with Gasteiger partial charge < -0.3 is 16.4 Å². The summed E-state index contributed by atoms with van der Waals surface area (Å²) in [5.74, 6) is -2.23. The van der Waals surface area contributed by atoms with Crippen LogP contribution in [0.4, 0.5) is 4.39 Å². The van der Waals surface area contributed by atoms with E-state index in [0.29, 0.717) is 20.6 Å². The van der Waals surface area contributed by atoms with Crippen LogP contribution in [0, 0.1) is 5.82 Å². The molecule has 0 aliphatic heterocycles. The average molecular weight is 485 g/mol. The molecule has 154 valence electrons. The molecule has 2 aromatic rings. The van der Waals surface area contributed by atoms with Gasteiger partial charge >= 0.3 is 0 Å². The van der Waals surface area contributed by atoms with Crippen LogP contribution >= 0.6 is 27.5 Å². The van der Waals surface area contributed by atoms with E-state index < -0.39 is 35.6 Å². The van der Waals surface area contributed by atoms with Crippen molar-refractivity contribution < 1.29 is 18.8 Å². The predicted molar refractivity (Wildman–Crippen MR) is 112 cm³/mol. The Bertz CT molecular complexity index is 926. The van der Waals surface area contributed by atoms with Gasteiger partial charge in [0, 0.05) is 29.3 Å². The fraction of sp³-hybridized carbons (Fsp3) is 0.250. The first-order valence-corrected chi connectivity index (χ1v) is 9.88. The van der Waals surface area contributed by atoms with Crippen molar-refractivity contribution in [3.63, 3.8) is 0 Å². The number of nitrogens with two attached hydrogens (primary N) is 1. The van der Waals surface area contributed by atoms with Crippen molar-refractivity contribution in [1.82, 2.24) is 10.6 Å². The fourth-order valence-electron chi connectivity index (χ4n) is 2.77. The molecule has 9 heteroatoms. The van der Waals surface area contributed by atoms with E-state index in [2.05, 4.69) is 26.6 Å². The molecule has 2 atom stereocenters. The Balaban J connectivity index is 2.18. The minimum absolute atomic E-state index is 0.0511. The Labute approximate surface area is 181 Å². The van der Waals surface area contributed by atoms with Crippen molar-refractivity contribution in [1.29, 1.82) is 0 Å². The van der Waals surface area contributed by atoms with Crippen LogP contribution in [0.3, 0.4) is 0 Å². The molecule has 0 saturated carbocycles. The lowest BCUT2D eigenvalue weighted by Crippen LogP contribution is -2.54. The first-order valence-electron chi connectivity index (χ1n) is 8.71. The van der Waals surface area contributed by atoms with Gasteiger partial charge in [0.25, 0.3) is 0 Å². The normalized spacial score (nSPS) is 12.7. The van der Waals surface area contributed by atoms with Crippen LogP contribution in [0.1, 0.15) is 18.1 Å². The molecule has 0 heterocycles. The smallest absolute Gasteiger partial charge is 0.243 e. The molecular formula is C20H20BrClFN3O3. The lowest BCUT2D eigenvalue weighted by atomic mass is 10.0. The lowest BCUT2D eigenvalue weighted by Gasteiger charge is -2.22. The van der Waals surface area contributed by atoms with Crippen LogP contribution in [-0.2, 0) is 27.2 Å². The minimum Gasteiger partial charge on any atom is -0.368 e. The number of nitrogens with one attached hydrogen (secondary N) is 2. The summed E-state index contributed by atoms with van der Waals surface area (Å²) in [7, 11) is 0. The number of hydrogen-bond donors (Lipinski definition) is 3. The summed E-state index contributed by atoms with van der Waals surface area (Å²) in [5, 5.41) is 5.56. The van der Waals surface area contributed by atoms with Gasteiger partial charge in [0.15, 0.2) is 0 Å². The first kappa shape index (κ1) is 22.8. The number of halogens is 3. The summed E-state index contributed by atoms with van der Waals surface area (Å²) in [4.78, 5) is 36.2. The number of carbonyl (C=O) groups is 3. The molecule has 2 rings (SSSR count). The molecular weight excluding hydrogens is 465 g/mol. The molecule has 4 N–H and O–H groups in total. The zero-order valence-corrected chi connectivity index (χ0v) is 17.9. The van der Waals surface area contributed by atoms with Crippen molar-refractivity contribution in [2.24, 2.45) is 5.73 Å². The summed E-state index contributed by atoms with van der Waals surface area (Å²) in [6.45, 7) is 1.26. The molecule has 0 aliphatic carbocycles. The van der Waals surface area contributed by atoms with Gasteiger partial charge in [-0.1, -0.05) is 39.7 Å². The molecule has 0 aliphatic rings. The van der Waals surface area contributed by atoms with Crippen LogP contribution in [0.15, 0.2) is 46.9 Å². The molecule has 0 bridgehead atoms. The van der Waals surface area contributed by atoms with Crippen LogP contribution in [0.5, 0.6) is 0 Å². The van der Waals surface area contributed by atoms with Gasteiger partial charge in [0.05, 0.1) is 0 Å². The Hall–Kier alpha value is -2.45. The number of primary amides is 1. The Kier molecular flexibility index (Phi) is 8.16. The fourth-order valence-corrected chi connectivity index (χ4v) is 3.37. The second-order valence-electron chi connectivity index (χ2n) is 6.49. The maximum absolute atomic E-state index is 13.4. The first-order chi connectivity index (χ1) is 13.7. The molecule has 0 spiro atoms. The van der Waals surface area contributed by atoms with Gasteiger partial charge in [-0.05, 0) is 41.5 Å². The highest BCUT2D eigenvalue weighted by Gasteiger charge is 2.26. The van der Waals surface area contributed by atoms with Crippen molar-refractivity contribution in [3.8, 4) is 0 Å². The molecule has 2 aromatic carbocycles. The zero-order chi connectivity index (χ0) is 21.6. The summed E-state index contributed by atoms with van der Waals surface area (Å²) >= 11 is 9.36. The van der Waals surface area contributed by atoms with Gasteiger partial charge in [-0.2, -0.15) is 0 Å². The second kappa shape index (κ2) is 10.4. The van der Waals surface area contributed by atoms with Gasteiger partial charge in [-0.3, -0.25) is 14.4 Å². The van der Waals surface area contributed by atoms with Gasteiger partial charge in [-0.25, -0.2) is 4.39 Å². The second-order valence-corrected chi connectivity index (χ2v) is 7.78. The third kappa shape index (κ3) is 7.14. The Morgan fingerprint density at radius 2 is 1.83 bits per heavy atom. The molecule has 0 unspecified atom stereocenters. The van der Waals surface area contributed by atoms with E-state index in [1.807, 2.05) is 0 Å². The molecule has 3 amide bonds. The molecule has 6 nitrogen and oxygen atoms in total. The number of amides is 3. The number of hydrogen-bond acceptors (Lipinski definition) is 3. The van der Waals surface area contributed by atoms with E-state index in [9.17, 15) is 18.8 Å². The SMILES string of the molecule is CC(=O)N[C@@H](Cc1cccc(F)c1)C(=O)N[C@H](Cc1cc(Cl)ccc1Br)C(N)=O. The Morgan fingerprint density at radius 3 is 2.45 bits per heavy atom. The van der Waals surface area contributed by atoms with E-state index in [4.69, 9.17) is 17.3 Å². The third-order valence-electron chi connectivity index (χ3n) is 4.11. The van der Waals surface area contributed by atoms with Crippen molar-refractivity contribution in [2.45, 2.75) is 31.8 Å². The average Bonchev–Trinajstić information content (AvgIpc) is 2.63. The van der Waals surface area contributed by atoms with Crippen molar-refractivity contribution in [2.75, 3.05) is 0 Å². The zero-order valence-electron chi connectivity index (χ0n) is 15.5. The summed E-state index contributed by atoms with van der Waals surface area (Å²) < 4.78 is 14.2. The van der Waals surface area contributed by atoms with Gasteiger partial charge in [0.1, 0.15) is 17.9 Å². The van der Waals surface area contributed by atoms with Crippen LogP contribution < -0.4 is 16.4 Å². The maximum atomic E-state index is 13.4. The van der Waals surface area contributed by atoms with E-state index in [1.165, 1.54) is 25.1 Å². The van der Waals surface area contributed by atoms with Crippen molar-refractivity contribution >= 4 is 45.3 Å². The summed E-state index contributed by atoms with van der Waals surface area (Å²) in [6, 6.07) is 8.74. The Morgan fingerprint density at radius 1 is 1.10 bits per heavy atom. The standard InChI is InChI=1S/C20H20BrClFN3O3/c1-11(27)25-18(8-12-3-2-4-15(23)7-12)20(29)26-17(19(24)28)10-13-9-14(22)5-6-16(13)21/h2-7,9,17-18H,8,10H2,1H3,(H2,24,28)(H,25,27)(H,26,29)/t17-,18+/m1/s1.